The zero-order valence-corrected chi connectivity index (χ0v) is 6.96. The van der Waals surface area contributed by atoms with E-state index < -0.39 is 5.95 Å². The van der Waals surface area contributed by atoms with Crippen LogP contribution in [0.25, 0.3) is 0 Å². The van der Waals surface area contributed by atoms with Gasteiger partial charge in [0.15, 0.2) is 5.95 Å². The Morgan fingerprint density at radius 2 is 2.15 bits per heavy atom. The molecule has 13 heavy (non-hydrogen) atoms. The van der Waals surface area contributed by atoms with E-state index in [1.165, 1.54) is 0 Å². The predicted octanol–water partition coefficient (Wildman–Crippen LogP) is 2.08. The minimum atomic E-state index is -0.693. The first kappa shape index (κ1) is 7.98. The van der Waals surface area contributed by atoms with Gasteiger partial charge >= 0.3 is 0 Å². The highest BCUT2D eigenvalue weighted by molar-refractivity contribution is 5.99. The van der Waals surface area contributed by atoms with Crippen LogP contribution < -0.4 is 0 Å². The van der Waals surface area contributed by atoms with Crippen LogP contribution in [0.1, 0.15) is 15.9 Å². The van der Waals surface area contributed by atoms with E-state index in [1.807, 2.05) is 12.1 Å². The van der Waals surface area contributed by atoms with E-state index in [4.69, 9.17) is 0 Å². The summed E-state index contributed by atoms with van der Waals surface area (Å²) in [6.07, 6.45) is 0. The Labute approximate surface area is 75.3 Å². The third-order valence-corrected chi connectivity index (χ3v) is 2.11. The van der Waals surface area contributed by atoms with E-state index in [9.17, 15) is 9.18 Å². The number of rotatable bonds is 1. The third kappa shape index (κ3) is 1.13. The van der Waals surface area contributed by atoms with E-state index in [-0.39, 0.29) is 5.91 Å². The first-order valence-corrected chi connectivity index (χ1v) is 3.94. The highest BCUT2D eigenvalue weighted by Crippen LogP contribution is 2.25. The summed E-state index contributed by atoms with van der Waals surface area (Å²) in [5.41, 5.74) is 1.42. The maximum Gasteiger partial charge on any atom is 0.260 e. The zero-order chi connectivity index (χ0) is 9.42. The fraction of sp³-hybridized carbons (Fsp3) is 0.100. The topological polar surface area (TPSA) is 20.3 Å². The van der Waals surface area contributed by atoms with Crippen molar-refractivity contribution in [3.8, 4) is 0 Å². The number of benzene rings is 1. The molecular formula is C10H8FNO. The molecule has 0 atom stereocenters. The average molecular weight is 177 g/mol. The minimum Gasteiger partial charge on any atom is -0.280 e. The van der Waals surface area contributed by atoms with E-state index in [0.717, 1.165) is 10.5 Å². The Kier molecular flexibility index (Phi) is 1.65. The van der Waals surface area contributed by atoms with Crippen LogP contribution in [0.5, 0.6) is 0 Å². The Morgan fingerprint density at radius 1 is 1.46 bits per heavy atom. The van der Waals surface area contributed by atoms with Gasteiger partial charge in [0, 0.05) is 5.56 Å². The number of fused-ring (bicyclic) bond motifs is 1. The Bertz CT molecular complexity index is 386. The molecule has 1 aliphatic rings. The van der Waals surface area contributed by atoms with Crippen molar-refractivity contribution in [3.63, 3.8) is 0 Å². The second-order valence-corrected chi connectivity index (χ2v) is 2.92. The number of carbonyl (C=O) groups is 1. The molecule has 2 rings (SSSR count). The highest BCUT2D eigenvalue weighted by Gasteiger charge is 2.28. The summed E-state index contributed by atoms with van der Waals surface area (Å²) >= 11 is 0. The first-order valence-electron chi connectivity index (χ1n) is 3.94. The molecule has 0 saturated heterocycles. The van der Waals surface area contributed by atoms with Crippen molar-refractivity contribution >= 4 is 5.91 Å². The summed E-state index contributed by atoms with van der Waals surface area (Å²) in [7, 11) is 0. The van der Waals surface area contributed by atoms with E-state index in [2.05, 4.69) is 6.58 Å². The Balaban J connectivity index is 2.44. The molecular weight excluding hydrogens is 169 g/mol. The molecule has 1 heterocycles. The van der Waals surface area contributed by atoms with Crippen molar-refractivity contribution in [2.45, 2.75) is 6.54 Å². The smallest absolute Gasteiger partial charge is 0.260 e. The van der Waals surface area contributed by atoms with Gasteiger partial charge in [-0.25, -0.2) is 0 Å². The maximum atomic E-state index is 12.7. The zero-order valence-electron chi connectivity index (χ0n) is 6.96. The minimum absolute atomic E-state index is 0.296. The van der Waals surface area contributed by atoms with Gasteiger partial charge in [0.25, 0.3) is 5.91 Å². The number of hydrogen-bond acceptors (Lipinski definition) is 1. The van der Waals surface area contributed by atoms with Crippen LogP contribution >= 0.6 is 0 Å². The summed E-state index contributed by atoms with van der Waals surface area (Å²) in [5, 5.41) is 0. The van der Waals surface area contributed by atoms with Crippen LogP contribution in [0.3, 0.4) is 0 Å². The lowest BCUT2D eigenvalue weighted by atomic mass is 10.1. The van der Waals surface area contributed by atoms with Crippen LogP contribution in [-0.4, -0.2) is 10.8 Å². The molecule has 2 nitrogen and oxygen atoms in total. The Hall–Kier alpha value is -1.64. The highest BCUT2D eigenvalue weighted by atomic mass is 19.1. The molecule has 1 amide bonds. The monoisotopic (exact) mass is 177 g/mol. The van der Waals surface area contributed by atoms with Crippen LogP contribution in [0.15, 0.2) is 36.8 Å². The number of amides is 1. The molecule has 0 fully saturated rings. The number of carbonyl (C=O) groups excluding carboxylic acids is 1. The summed E-state index contributed by atoms with van der Waals surface area (Å²) in [6, 6.07) is 7.11. The lowest BCUT2D eigenvalue weighted by Crippen LogP contribution is -2.20. The van der Waals surface area contributed by atoms with Crippen molar-refractivity contribution in [3.05, 3.63) is 47.9 Å². The molecule has 0 unspecified atom stereocenters. The molecule has 1 aromatic carbocycles. The first-order chi connectivity index (χ1) is 6.20. The summed E-state index contributed by atoms with van der Waals surface area (Å²) in [5.74, 6) is -0.996. The lowest BCUT2D eigenvalue weighted by Gasteiger charge is -2.10. The SMILES string of the molecule is C=C(F)N1Cc2ccccc2C1=O. The standard InChI is InChI=1S/C10H8FNO/c1-7(11)12-6-8-4-2-3-5-9(8)10(12)13/h2-5H,1,6H2. The molecule has 0 radical (unpaired) electrons. The molecule has 0 aliphatic carbocycles. The van der Waals surface area contributed by atoms with Crippen molar-refractivity contribution < 1.29 is 9.18 Å². The normalized spacial score (nSPS) is 14.5. The molecule has 0 N–H and O–H groups in total. The molecule has 0 bridgehead atoms. The van der Waals surface area contributed by atoms with Crippen molar-refractivity contribution in [1.82, 2.24) is 4.90 Å². The number of nitrogens with zero attached hydrogens (tertiary/aromatic N) is 1. The fourth-order valence-electron chi connectivity index (χ4n) is 1.45. The van der Waals surface area contributed by atoms with Crippen LogP contribution in [0, 0.1) is 0 Å². The largest absolute Gasteiger partial charge is 0.280 e. The number of hydrogen-bond donors (Lipinski definition) is 0. The van der Waals surface area contributed by atoms with Gasteiger partial charge in [-0.15, -0.1) is 0 Å². The molecule has 1 aliphatic heterocycles. The Morgan fingerprint density at radius 3 is 2.77 bits per heavy atom. The molecule has 66 valence electrons. The quantitative estimate of drug-likeness (QED) is 0.601. The van der Waals surface area contributed by atoms with Crippen LogP contribution in [-0.2, 0) is 6.54 Å². The van der Waals surface area contributed by atoms with Gasteiger partial charge in [0.1, 0.15) is 0 Å². The molecule has 0 aromatic heterocycles. The van der Waals surface area contributed by atoms with Gasteiger partial charge in [-0.2, -0.15) is 4.39 Å². The summed E-state index contributed by atoms with van der Waals surface area (Å²) in [6.45, 7) is 3.40. The van der Waals surface area contributed by atoms with Crippen molar-refractivity contribution in [1.29, 1.82) is 0 Å². The number of halogens is 1. The van der Waals surface area contributed by atoms with E-state index >= 15 is 0 Å². The van der Waals surface area contributed by atoms with Crippen molar-refractivity contribution in [2.75, 3.05) is 0 Å². The fourth-order valence-corrected chi connectivity index (χ4v) is 1.45. The average Bonchev–Trinajstić information content (AvgIpc) is 2.45. The van der Waals surface area contributed by atoms with Gasteiger partial charge in [-0.3, -0.25) is 9.69 Å². The van der Waals surface area contributed by atoms with Gasteiger partial charge in [-0.05, 0) is 18.2 Å². The molecule has 0 spiro atoms. The molecule has 3 heteroatoms. The molecule has 0 saturated carbocycles. The molecule has 1 aromatic rings. The van der Waals surface area contributed by atoms with Gasteiger partial charge in [0.2, 0.25) is 0 Å². The summed E-state index contributed by atoms with van der Waals surface area (Å²) < 4.78 is 12.7. The second kappa shape index (κ2) is 2.69. The van der Waals surface area contributed by atoms with Gasteiger partial charge < -0.3 is 0 Å². The second-order valence-electron chi connectivity index (χ2n) is 2.92. The van der Waals surface area contributed by atoms with Gasteiger partial charge in [0.05, 0.1) is 6.54 Å². The van der Waals surface area contributed by atoms with Crippen LogP contribution in [0.4, 0.5) is 4.39 Å². The third-order valence-electron chi connectivity index (χ3n) is 2.11. The van der Waals surface area contributed by atoms with Crippen LogP contribution in [0.2, 0.25) is 0 Å². The predicted molar refractivity (Wildman–Crippen MR) is 46.6 cm³/mol. The van der Waals surface area contributed by atoms with Gasteiger partial charge in [-0.1, -0.05) is 18.2 Å². The summed E-state index contributed by atoms with van der Waals surface area (Å²) in [4.78, 5) is 12.5. The maximum absolute atomic E-state index is 12.7. The van der Waals surface area contributed by atoms with Crippen molar-refractivity contribution in [2.24, 2.45) is 0 Å². The van der Waals surface area contributed by atoms with E-state index in [1.54, 1.807) is 12.1 Å². The van der Waals surface area contributed by atoms with E-state index in [0.29, 0.717) is 12.1 Å². The lowest BCUT2D eigenvalue weighted by molar-refractivity contribution is 0.0793.